The maximum Gasteiger partial charge on any atom is 0.340 e. The first-order chi connectivity index (χ1) is 12.9. The molecule has 2 aromatic carbocycles. The summed E-state index contributed by atoms with van der Waals surface area (Å²) in [7, 11) is 0. The number of amides is 2. The predicted molar refractivity (Wildman–Crippen MR) is 105 cm³/mol. The minimum Gasteiger partial charge on any atom is -0.452 e. The van der Waals surface area contributed by atoms with E-state index in [4.69, 9.17) is 16.3 Å². The van der Waals surface area contributed by atoms with Crippen LogP contribution in [0.4, 0.5) is 5.69 Å². The smallest absolute Gasteiger partial charge is 0.340 e. The lowest BCUT2D eigenvalue weighted by Gasteiger charge is -2.09. The number of benzene rings is 2. The molecule has 0 aromatic heterocycles. The standard InChI is InChI=1S/C19H16BrClN2O4/c20-12-4-7-16(21)15(9-12)19(26)27-10-17(24)22-14-3-1-2-11(8-14)18(25)23-13-5-6-13/h1-4,7-9,13H,5-6,10H2,(H,22,24)(H,23,25). The quantitative estimate of drug-likeness (QED) is 0.655. The molecule has 1 fully saturated rings. The Bertz CT molecular complexity index is 899. The Labute approximate surface area is 169 Å². The molecular formula is C19H16BrClN2O4. The maximum atomic E-state index is 12.1. The fourth-order valence-electron chi connectivity index (χ4n) is 2.29. The molecule has 2 N–H and O–H groups in total. The number of nitrogens with one attached hydrogen (secondary N) is 2. The Hall–Kier alpha value is -2.38. The van der Waals surface area contributed by atoms with Gasteiger partial charge in [-0.3, -0.25) is 9.59 Å². The molecule has 2 aromatic rings. The van der Waals surface area contributed by atoms with Crippen molar-refractivity contribution in [3.8, 4) is 0 Å². The molecule has 0 radical (unpaired) electrons. The Morgan fingerprint density at radius 1 is 1.15 bits per heavy atom. The number of halogens is 2. The van der Waals surface area contributed by atoms with Crippen molar-refractivity contribution in [2.75, 3.05) is 11.9 Å². The highest BCUT2D eigenvalue weighted by molar-refractivity contribution is 9.10. The molecule has 0 heterocycles. The van der Waals surface area contributed by atoms with Crippen molar-refractivity contribution in [1.29, 1.82) is 0 Å². The molecule has 140 valence electrons. The zero-order valence-electron chi connectivity index (χ0n) is 14.1. The van der Waals surface area contributed by atoms with Gasteiger partial charge < -0.3 is 15.4 Å². The van der Waals surface area contributed by atoms with Gasteiger partial charge in [0.25, 0.3) is 11.8 Å². The van der Waals surface area contributed by atoms with Crippen LogP contribution in [0.2, 0.25) is 5.02 Å². The van der Waals surface area contributed by atoms with Crippen LogP contribution in [0.25, 0.3) is 0 Å². The molecule has 8 heteroatoms. The van der Waals surface area contributed by atoms with Gasteiger partial charge in [0, 0.05) is 21.8 Å². The normalized spacial score (nSPS) is 13.0. The van der Waals surface area contributed by atoms with Gasteiger partial charge in [-0.25, -0.2) is 4.79 Å². The van der Waals surface area contributed by atoms with Crippen LogP contribution in [-0.4, -0.2) is 30.4 Å². The first-order valence-corrected chi connectivity index (χ1v) is 9.42. The highest BCUT2D eigenvalue weighted by Crippen LogP contribution is 2.22. The Kier molecular flexibility index (Phi) is 6.13. The van der Waals surface area contributed by atoms with Gasteiger partial charge in [0.15, 0.2) is 6.61 Å². The van der Waals surface area contributed by atoms with E-state index in [-0.39, 0.29) is 22.5 Å². The highest BCUT2D eigenvalue weighted by Gasteiger charge is 2.23. The number of ether oxygens (including phenoxy) is 1. The molecule has 0 atom stereocenters. The predicted octanol–water partition coefficient (Wildman–Crippen LogP) is 3.79. The van der Waals surface area contributed by atoms with Crippen LogP contribution in [0.15, 0.2) is 46.9 Å². The van der Waals surface area contributed by atoms with Crippen LogP contribution in [0, 0.1) is 0 Å². The van der Waals surface area contributed by atoms with Crippen LogP contribution in [0.3, 0.4) is 0 Å². The fourth-order valence-corrected chi connectivity index (χ4v) is 2.85. The molecule has 0 saturated heterocycles. The molecular weight excluding hydrogens is 436 g/mol. The molecule has 6 nitrogen and oxygen atoms in total. The minimum absolute atomic E-state index is 0.164. The molecule has 1 aliphatic carbocycles. The van der Waals surface area contributed by atoms with E-state index in [1.807, 2.05) is 0 Å². The second-order valence-electron chi connectivity index (χ2n) is 6.08. The maximum absolute atomic E-state index is 12.1. The van der Waals surface area contributed by atoms with Crippen molar-refractivity contribution in [3.05, 3.63) is 63.1 Å². The topological polar surface area (TPSA) is 84.5 Å². The molecule has 1 saturated carbocycles. The van der Waals surface area contributed by atoms with Gasteiger partial charge in [-0.1, -0.05) is 33.6 Å². The fraction of sp³-hybridized carbons (Fsp3) is 0.211. The van der Waals surface area contributed by atoms with Crippen molar-refractivity contribution in [2.45, 2.75) is 18.9 Å². The number of hydrogen-bond donors (Lipinski definition) is 2. The minimum atomic E-state index is -0.700. The van der Waals surface area contributed by atoms with Gasteiger partial charge in [-0.2, -0.15) is 0 Å². The van der Waals surface area contributed by atoms with E-state index in [0.29, 0.717) is 15.7 Å². The Morgan fingerprint density at radius 3 is 2.67 bits per heavy atom. The van der Waals surface area contributed by atoms with Gasteiger partial charge in [0.05, 0.1) is 10.6 Å². The van der Waals surface area contributed by atoms with Gasteiger partial charge in [-0.15, -0.1) is 0 Å². The summed E-state index contributed by atoms with van der Waals surface area (Å²) in [5.41, 5.74) is 1.06. The number of rotatable bonds is 6. The molecule has 0 aliphatic heterocycles. The van der Waals surface area contributed by atoms with Gasteiger partial charge in [-0.05, 0) is 49.2 Å². The second-order valence-corrected chi connectivity index (χ2v) is 7.40. The summed E-state index contributed by atoms with van der Waals surface area (Å²) in [4.78, 5) is 36.2. The van der Waals surface area contributed by atoms with Crippen LogP contribution in [0.1, 0.15) is 33.6 Å². The summed E-state index contributed by atoms with van der Waals surface area (Å²) in [6.45, 7) is -0.472. The largest absolute Gasteiger partial charge is 0.452 e. The average molecular weight is 452 g/mol. The first kappa shape index (κ1) is 19.4. The summed E-state index contributed by atoms with van der Waals surface area (Å²) in [5, 5.41) is 5.72. The highest BCUT2D eigenvalue weighted by atomic mass is 79.9. The monoisotopic (exact) mass is 450 g/mol. The summed E-state index contributed by atoms with van der Waals surface area (Å²) in [6.07, 6.45) is 1.99. The Morgan fingerprint density at radius 2 is 1.93 bits per heavy atom. The van der Waals surface area contributed by atoms with Crippen LogP contribution in [0.5, 0.6) is 0 Å². The van der Waals surface area contributed by atoms with Crippen molar-refractivity contribution in [2.24, 2.45) is 0 Å². The van der Waals surface area contributed by atoms with E-state index < -0.39 is 18.5 Å². The average Bonchev–Trinajstić information content (AvgIpc) is 3.46. The second kappa shape index (κ2) is 8.54. The number of carbonyl (C=O) groups excluding carboxylic acids is 3. The van der Waals surface area contributed by atoms with E-state index >= 15 is 0 Å². The van der Waals surface area contributed by atoms with Crippen LogP contribution >= 0.6 is 27.5 Å². The van der Waals surface area contributed by atoms with Crippen molar-refractivity contribution in [3.63, 3.8) is 0 Å². The first-order valence-electron chi connectivity index (χ1n) is 8.25. The van der Waals surface area contributed by atoms with E-state index in [0.717, 1.165) is 12.8 Å². The number of anilines is 1. The van der Waals surface area contributed by atoms with Crippen molar-refractivity contribution in [1.82, 2.24) is 5.32 Å². The number of hydrogen-bond acceptors (Lipinski definition) is 4. The summed E-state index contributed by atoms with van der Waals surface area (Å²) in [5.74, 6) is -1.40. The van der Waals surface area contributed by atoms with E-state index in [2.05, 4.69) is 26.6 Å². The third-order valence-corrected chi connectivity index (χ3v) is 4.63. The Balaban J connectivity index is 1.55. The van der Waals surface area contributed by atoms with Crippen LogP contribution < -0.4 is 10.6 Å². The molecule has 2 amide bonds. The van der Waals surface area contributed by atoms with Crippen molar-refractivity contribution < 1.29 is 19.1 Å². The van der Waals surface area contributed by atoms with Gasteiger partial charge >= 0.3 is 5.97 Å². The van der Waals surface area contributed by atoms with Gasteiger partial charge in [0.1, 0.15) is 0 Å². The lowest BCUT2D eigenvalue weighted by molar-refractivity contribution is -0.119. The van der Waals surface area contributed by atoms with E-state index in [1.165, 1.54) is 6.07 Å². The van der Waals surface area contributed by atoms with E-state index in [1.54, 1.807) is 36.4 Å². The summed E-state index contributed by atoms with van der Waals surface area (Å²) >= 11 is 9.21. The third-order valence-electron chi connectivity index (χ3n) is 3.80. The lowest BCUT2D eigenvalue weighted by atomic mass is 10.2. The molecule has 0 bridgehead atoms. The zero-order valence-corrected chi connectivity index (χ0v) is 16.5. The molecule has 27 heavy (non-hydrogen) atoms. The van der Waals surface area contributed by atoms with Crippen molar-refractivity contribution >= 4 is 51.0 Å². The molecule has 1 aliphatic rings. The van der Waals surface area contributed by atoms with Crippen LogP contribution in [-0.2, 0) is 9.53 Å². The number of carbonyl (C=O) groups is 3. The number of esters is 1. The molecule has 3 rings (SSSR count). The van der Waals surface area contributed by atoms with Gasteiger partial charge in [0.2, 0.25) is 0 Å². The molecule has 0 spiro atoms. The summed E-state index contributed by atoms with van der Waals surface area (Å²) in [6, 6.07) is 11.6. The lowest BCUT2D eigenvalue weighted by Crippen LogP contribution is -2.25. The SMILES string of the molecule is O=C(COC(=O)c1cc(Br)ccc1Cl)Nc1cccc(C(=O)NC2CC2)c1. The zero-order chi connectivity index (χ0) is 19.4. The van der Waals surface area contributed by atoms with E-state index in [9.17, 15) is 14.4 Å². The third kappa shape index (κ3) is 5.55. The molecule has 0 unspecified atom stereocenters. The summed E-state index contributed by atoms with van der Waals surface area (Å²) < 4.78 is 5.67.